The lowest BCUT2D eigenvalue weighted by molar-refractivity contribution is -0.0457. The van der Waals surface area contributed by atoms with Gasteiger partial charge in [-0.25, -0.2) is 4.79 Å². The molecule has 1 fully saturated rings. The van der Waals surface area contributed by atoms with E-state index in [1.54, 1.807) is 24.4 Å². The Morgan fingerprint density at radius 2 is 2.08 bits per heavy atom. The number of nitrogens with zero attached hydrogens (tertiary/aromatic N) is 2. The van der Waals surface area contributed by atoms with E-state index in [2.05, 4.69) is 4.98 Å². The van der Waals surface area contributed by atoms with E-state index in [1.807, 2.05) is 12.1 Å². The molecule has 0 aliphatic carbocycles. The van der Waals surface area contributed by atoms with E-state index in [4.69, 9.17) is 14.9 Å². The van der Waals surface area contributed by atoms with Crippen molar-refractivity contribution in [3.05, 3.63) is 47.0 Å². The minimum atomic E-state index is -0.827. The fourth-order valence-electron chi connectivity index (χ4n) is 2.97. The molecule has 4 N–H and O–H groups in total. The number of aliphatic hydroxyl groups excluding tert-OH is 2. The van der Waals surface area contributed by atoms with Gasteiger partial charge in [-0.3, -0.25) is 4.57 Å². The Labute approximate surface area is 142 Å². The molecule has 0 amide bonds. The van der Waals surface area contributed by atoms with Crippen LogP contribution in [0.3, 0.4) is 0 Å². The summed E-state index contributed by atoms with van der Waals surface area (Å²) in [6, 6.07) is 8.94. The number of benzene rings is 1. The maximum Gasteiger partial charge on any atom is 0.353 e. The van der Waals surface area contributed by atoms with E-state index >= 15 is 0 Å². The van der Waals surface area contributed by atoms with Gasteiger partial charge in [0.05, 0.1) is 18.1 Å². The number of hydrogen-bond acceptors (Lipinski definition) is 7. The van der Waals surface area contributed by atoms with Crippen LogP contribution in [0.4, 0.5) is 5.69 Å². The van der Waals surface area contributed by atoms with Crippen LogP contribution in [-0.4, -0.2) is 38.6 Å². The van der Waals surface area contributed by atoms with E-state index in [1.165, 1.54) is 4.57 Å². The molecular weight excluding hydrogens is 326 g/mol. The van der Waals surface area contributed by atoms with E-state index < -0.39 is 24.1 Å². The molecule has 3 atom stereocenters. The van der Waals surface area contributed by atoms with Crippen molar-refractivity contribution in [2.75, 3.05) is 12.3 Å². The van der Waals surface area contributed by atoms with Gasteiger partial charge in [0.15, 0.2) is 0 Å². The van der Waals surface area contributed by atoms with Crippen LogP contribution < -0.4 is 11.4 Å². The molecule has 1 saturated heterocycles. The number of nitrogen functional groups attached to an aromatic ring is 1. The molecule has 0 bridgehead atoms. The molecule has 1 aliphatic rings. The molecular formula is C17H17N3O5. The summed E-state index contributed by atoms with van der Waals surface area (Å²) in [5, 5.41) is 19.7. The Morgan fingerprint density at radius 1 is 1.32 bits per heavy atom. The number of ether oxygens (including phenoxy) is 1. The molecule has 2 aromatic heterocycles. The summed E-state index contributed by atoms with van der Waals surface area (Å²) < 4.78 is 12.5. The highest BCUT2D eigenvalue weighted by Gasteiger charge is 2.35. The maximum atomic E-state index is 12.3. The van der Waals surface area contributed by atoms with Crippen LogP contribution in [0.1, 0.15) is 12.6 Å². The number of aliphatic hydroxyl groups is 2. The smallest absolute Gasteiger partial charge is 0.353 e. The topological polar surface area (TPSA) is 124 Å². The Kier molecular flexibility index (Phi) is 3.79. The monoisotopic (exact) mass is 343 g/mol. The van der Waals surface area contributed by atoms with E-state index in [0.717, 1.165) is 5.56 Å². The summed E-state index contributed by atoms with van der Waals surface area (Å²) >= 11 is 0. The van der Waals surface area contributed by atoms with E-state index in [-0.39, 0.29) is 18.7 Å². The summed E-state index contributed by atoms with van der Waals surface area (Å²) in [6.07, 6.45) is -0.409. The zero-order valence-electron chi connectivity index (χ0n) is 13.2. The van der Waals surface area contributed by atoms with E-state index in [0.29, 0.717) is 16.8 Å². The van der Waals surface area contributed by atoms with Gasteiger partial charge in [0.25, 0.3) is 0 Å². The van der Waals surface area contributed by atoms with Crippen molar-refractivity contribution < 1.29 is 19.4 Å². The second kappa shape index (κ2) is 5.99. The van der Waals surface area contributed by atoms with Crippen LogP contribution in [0, 0.1) is 0 Å². The van der Waals surface area contributed by atoms with Gasteiger partial charge in [0, 0.05) is 23.9 Å². The zero-order valence-corrected chi connectivity index (χ0v) is 13.2. The van der Waals surface area contributed by atoms with E-state index in [9.17, 15) is 15.0 Å². The zero-order chi connectivity index (χ0) is 17.6. The Bertz CT molecular complexity index is 963. The molecule has 8 nitrogen and oxygen atoms in total. The molecule has 1 aromatic carbocycles. The fraction of sp³-hybridized carbons (Fsp3) is 0.294. The third-order valence-corrected chi connectivity index (χ3v) is 4.33. The highest BCUT2D eigenvalue weighted by molar-refractivity contribution is 5.79. The second-order valence-electron chi connectivity index (χ2n) is 6.04. The second-order valence-corrected chi connectivity index (χ2v) is 6.04. The first-order chi connectivity index (χ1) is 12.0. The van der Waals surface area contributed by atoms with Gasteiger partial charge >= 0.3 is 5.69 Å². The van der Waals surface area contributed by atoms with Crippen LogP contribution in [0.2, 0.25) is 0 Å². The highest BCUT2D eigenvalue weighted by atomic mass is 16.5. The molecule has 3 heterocycles. The molecule has 25 heavy (non-hydrogen) atoms. The summed E-state index contributed by atoms with van der Waals surface area (Å²) in [5.74, 6) is 0.570. The van der Waals surface area contributed by atoms with Gasteiger partial charge < -0.3 is 25.1 Å². The van der Waals surface area contributed by atoms with Crippen LogP contribution in [-0.2, 0) is 4.74 Å². The number of nitrogens with two attached hydrogens (primary N) is 1. The fourth-order valence-corrected chi connectivity index (χ4v) is 2.97. The van der Waals surface area contributed by atoms with Gasteiger partial charge in [0.1, 0.15) is 18.1 Å². The molecule has 3 unspecified atom stereocenters. The molecule has 1 aliphatic heterocycles. The third kappa shape index (κ3) is 2.80. The number of aromatic nitrogens is 2. The first-order valence-corrected chi connectivity index (χ1v) is 7.88. The number of furan rings is 1. The Morgan fingerprint density at radius 3 is 2.76 bits per heavy atom. The molecule has 130 valence electrons. The predicted molar refractivity (Wildman–Crippen MR) is 89.7 cm³/mol. The summed E-state index contributed by atoms with van der Waals surface area (Å²) in [6.45, 7) is -0.310. The Balaban J connectivity index is 1.72. The lowest BCUT2D eigenvalue weighted by atomic mass is 10.1. The highest BCUT2D eigenvalue weighted by Crippen LogP contribution is 2.30. The number of rotatable bonds is 3. The minimum Gasteiger partial charge on any atom is -0.437 e. The van der Waals surface area contributed by atoms with Crippen molar-refractivity contribution in [1.82, 2.24) is 9.55 Å². The Hall–Kier alpha value is -2.68. The molecule has 0 spiro atoms. The standard InChI is InChI=1S/C17H17N3O5/c18-11-3-1-9(2-4-11)13-5-10-7-20(17(23)19-16(10)25-13)15-6-12(22)14(8-21)24-15/h1-5,7,12,14-15,21-22H,6,8,18H2. The largest absolute Gasteiger partial charge is 0.437 e. The average molecular weight is 343 g/mol. The van der Waals surface area contributed by atoms with Crippen molar-refractivity contribution >= 4 is 16.8 Å². The van der Waals surface area contributed by atoms with Crippen molar-refractivity contribution in [2.45, 2.75) is 24.9 Å². The third-order valence-electron chi connectivity index (χ3n) is 4.33. The molecule has 0 radical (unpaired) electrons. The van der Waals surface area contributed by atoms with Gasteiger partial charge in [-0.1, -0.05) is 0 Å². The molecule has 4 rings (SSSR count). The van der Waals surface area contributed by atoms with Crippen molar-refractivity contribution in [3.63, 3.8) is 0 Å². The van der Waals surface area contributed by atoms with Gasteiger partial charge in [-0.05, 0) is 30.3 Å². The maximum absolute atomic E-state index is 12.3. The van der Waals surface area contributed by atoms with Crippen LogP contribution >= 0.6 is 0 Å². The molecule has 3 aromatic rings. The lowest BCUT2D eigenvalue weighted by Gasteiger charge is -2.13. The van der Waals surface area contributed by atoms with Crippen molar-refractivity contribution in [1.29, 1.82) is 0 Å². The summed E-state index contributed by atoms with van der Waals surface area (Å²) in [5.41, 5.74) is 6.84. The SMILES string of the molecule is Nc1ccc(-c2cc3cn(C4CC(O)C(CO)O4)c(=O)nc3o2)cc1. The normalized spacial score (nSPS) is 23.4. The van der Waals surface area contributed by atoms with Crippen LogP contribution in [0.5, 0.6) is 0 Å². The minimum absolute atomic E-state index is 0.209. The number of fused-ring (bicyclic) bond motifs is 1. The summed E-state index contributed by atoms with van der Waals surface area (Å²) in [4.78, 5) is 16.2. The first kappa shape index (κ1) is 15.8. The molecule has 0 saturated carbocycles. The average Bonchev–Trinajstić information content (AvgIpc) is 3.17. The summed E-state index contributed by atoms with van der Waals surface area (Å²) in [7, 11) is 0. The van der Waals surface area contributed by atoms with Gasteiger partial charge in [-0.2, -0.15) is 4.98 Å². The van der Waals surface area contributed by atoms with Crippen LogP contribution in [0.25, 0.3) is 22.4 Å². The van der Waals surface area contributed by atoms with Crippen molar-refractivity contribution in [2.24, 2.45) is 0 Å². The quantitative estimate of drug-likeness (QED) is 0.603. The lowest BCUT2D eigenvalue weighted by Crippen LogP contribution is -2.27. The first-order valence-electron chi connectivity index (χ1n) is 7.88. The van der Waals surface area contributed by atoms with Crippen LogP contribution in [0.15, 0.2) is 45.7 Å². The van der Waals surface area contributed by atoms with Crippen molar-refractivity contribution in [3.8, 4) is 11.3 Å². The number of hydrogen-bond donors (Lipinski definition) is 3. The van der Waals surface area contributed by atoms with Gasteiger partial charge in [-0.15, -0.1) is 0 Å². The number of anilines is 1. The molecule has 8 heteroatoms. The predicted octanol–water partition coefficient (Wildman–Crippen LogP) is 0.879. The van der Waals surface area contributed by atoms with Gasteiger partial charge in [0.2, 0.25) is 5.71 Å².